The first-order valence-corrected chi connectivity index (χ1v) is 10.7. The molecule has 9 heteroatoms. The van der Waals surface area contributed by atoms with Crippen LogP contribution in [0.25, 0.3) is 0 Å². The fraction of sp³-hybridized carbons (Fsp3) is 0.917. The number of nitrogens with zero attached hydrogens (tertiary/aromatic N) is 1. The van der Waals surface area contributed by atoms with Crippen LogP contribution in [-0.2, 0) is 24.7 Å². The van der Waals surface area contributed by atoms with Crippen molar-refractivity contribution in [2.75, 3.05) is 24.3 Å². The van der Waals surface area contributed by atoms with Gasteiger partial charge in [-0.3, -0.25) is 4.79 Å². The lowest BCUT2D eigenvalue weighted by Crippen LogP contribution is -2.42. The highest BCUT2D eigenvalue weighted by molar-refractivity contribution is 7.91. The van der Waals surface area contributed by atoms with Gasteiger partial charge in [0.2, 0.25) is 15.9 Å². The first-order valence-electron chi connectivity index (χ1n) is 7.01. The molecule has 1 rings (SSSR count). The van der Waals surface area contributed by atoms with Crippen molar-refractivity contribution in [2.24, 2.45) is 0 Å². The van der Waals surface area contributed by atoms with E-state index < -0.39 is 19.9 Å². The lowest BCUT2D eigenvalue weighted by atomic mass is 10.2. The maximum absolute atomic E-state index is 11.8. The number of sulfonamides is 1. The number of carbonyl (C=O) groups is 1. The van der Waals surface area contributed by atoms with Gasteiger partial charge < -0.3 is 5.32 Å². The number of amides is 1. The van der Waals surface area contributed by atoms with E-state index in [4.69, 9.17) is 0 Å². The molecule has 2 unspecified atom stereocenters. The molecule has 0 aromatic rings. The van der Waals surface area contributed by atoms with Crippen molar-refractivity contribution in [3.05, 3.63) is 0 Å². The van der Waals surface area contributed by atoms with Gasteiger partial charge in [0.05, 0.1) is 17.8 Å². The summed E-state index contributed by atoms with van der Waals surface area (Å²) in [6, 6.07) is -0.516. The Morgan fingerprint density at radius 3 is 2.48 bits per heavy atom. The van der Waals surface area contributed by atoms with Gasteiger partial charge in [0, 0.05) is 25.0 Å². The molecule has 1 aliphatic heterocycles. The zero-order valence-corrected chi connectivity index (χ0v) is 14.3. The quantitative estimate of drug-likeness (QED) is 0.688. The molecule has 1 saturated heterocycles. The van der Waals surface area contributed by atoms with Crippen LogP contribution in [0.3, 0.4) is 0 Å². The van der Waals surface area contributed by atoms with E-state index in [0.717, 1.165) is 6.26 Å². The fourth-order valence-electron chi connectivity index (χ4n) is 2.34. The van der Waals surface area contributed by atoms with Crippen LogP contribution in [-0.4, -0.2) is 63.4 Å². The van der Waals surface area contributed by atoms with Gasteiger partial charge in [0.15, 0.2) is 9.84 Å². The number of nitrogens with one attached hydrogen (secondary N) is 1. The van der Waals surface area contributed by atoms with Gasteiger partial charge in [-0.1, -0.05) is 6.92 Å². The molecule has 0 aromatic heterocycles. The first-order chi connectivity index (χ1) is 9.55. The Balaban J connectivity index is 2.51. The molecule has 0 bridgehead atoms. The second-order valence-corrected chi connectivity index (χ2v) is 9.71. The van der Waals surface area contributed by atoms with Crippen molar-refractivity contribution in [1.29, 1.82) is 0 Å². The van der Waals surface area contributed by atoms with Gasteiger partial charge in [0.1, 0.15) is 0 Å². The Labute approximate surface area is 127 Å². The van der Waals surface area contributed by atoms with E-state index in [1.165, 1.54) is 4.31 Å². The molecule has 0 radical (unpaired) electrons. The predicted octanol–water partition coefficient (Wildman–Crippen LogP) is -0.260. The number of rotatable bonds is 7. The summed E-state index contributed by atoms with van der Waals surface area (Å²) in [5.41, 5.74) is 0. The molecule has 1 N–H and O–H groups in total. The van der Waals surface area contributed by atoms with E-state index in [0.29, 0.717) is 12.8 Å². The van der Waals surface area contributed by atoms with Crippen LogP contribution >= 0.6 is 0 Å². The zero-order chi connectivity index (χ0) is 16.3. The predicted molar refractivity (Wildman–Crippen MR) is 81.1 cm³/mol. The number of carbonyl (C=O) groups excluding carboxylic acids is 1. The second kappa shape index (κ2) is 7.06. The van der Waals surface area contributed by atoms with Crippen LogP contribution in [0.5, 0.6) is 0 Å². The lowest BCUT2D eigenvalue weighted by molar-refractivity contribution is -0.121. The highest BCUT2D eigenvalue weighted by atomic mass is 32.2. The Hall–Kier alpha value is -0.670. The summed E-state index contributed by atoms with van der Waals surface area (Å²) < 4.78 is 47.3. The summed E-state index contributed by atoms with van der Waals surface area (Å²) in [6.07, 6.45) is 2.25. The lowest BCUT2D eigenvalue weighted by Gasteiger charge is -2.25. The van der Waals surface area contributed by atoms with Gasteiger partial charge in [-0.05, 0) is 19.8 Å². The van der Waals surface area contributed by atoms with E-state index in [1.54, 1.807) is 6.92 Å². The maximum atomic E-state index is 11.8. The highest BCUT2D eigenvalue weighted by Gasteiger charge is 2.29. The molecular weight excluding hydrogens is 316 g/mol. The number of hydrogen-bond acceptors (Lipinski definition) is 5. The monoisotopic (exact) mass is 340 g/mol. The first kappa shape index (κ1) is 18.4. The van der Waals surface area contributed by atoms with Crippen LogP contribution in [0.1, 0.15) is 33.1 Å². The highest BCUT2D eigenvalue weighted by Crippen LogP contribution is 2.12. The summed E-state index contributed by atoms with van der Waals surface area (Å²) in [5, 5.41) is 2.66. The molecule has 0 aliphatic carbocycles. The molecule has 7 nitrogen and oxygen atoms in total. The summed E-state index contributed by atoms with van der Waals surface area (Å²) >= 11 is 0. The van der Waals surface area contributed by atoms with E-state index in [-0.39, 0.29) is 42.5 Å². The third-order valence-electron chi connectivity index (χ3n) is 3.67. The molecule has 21 heavy (non-hydrogen) atoms. The van der Waals surface area contributed by atoms with Crippen LogP contribution in [0.15, 0.2) is 0 Å². The number of sulfone groups is 1. The minimum Gasteiger partial charge on any atom is -0.352 e. The standard InChI is InChI=1S/C12H24N2O5S2/c1-4-10(2)14(20(3,16)17)7-5-12(15)13-11-6-8-21(18,19)9-11/h10-11H,4-9H2,1-3H3,(H,13,15). The van der Waals surface area contributed by atoms with Crippen LogP contribution < -0.4 is 5.32 Å². The van der Waals surface area contributed by atoms with Gasteiger partial charge >= 0.3 is 0 Å². The van der Waals surface area contributed by atoms with Gasteiger partial charge in [-0.15, -0.1) is 0 Å². The molecule has 1 aliphatic rings. The van der Waals surface area contributed by atoms with Crippen LogP contribution in [0.2, 0.25) is 0 Å². The third kappa shape index (κ3) is 5.91. The smallest absolute Gasteiger partial charge is 0.221 e. The minimum absolute atomic E-state index is 0.0279. The normalized spacial score (nSPS) is 23.1. The van der Waals surface area contributed by atoms with Crippen molar-refractivity contribution in [3.8, 4) is 0 Å². The van der Waals surface area contributed by atoms with Crippen molar-refractivity contribution in [3.63, 3.8) is 0 Å². The summed E-state index contributed by atoms with van der Waals surface area (Å²) in [7, 11) is -6.39. The van der Waals surface area contributed by atoms with Crippen molar-refractivity contribution < 1.29 is 21.6 Å². The molecule has 0 spiro atoms. The Morgan fingerprint density at radius 1 is 1.43 bits per heavy atom. The van der Waals surface area contributed by atoms with E-state index in [9.17, 15) is 21.6 Å². The molecular formula is C12H24N2O5S2. The van der Waals surface area contributed by atoms with Crippen molar-refractivity contribution in [2.45, 2.75) is 45.2 Å². The van der Waals surface area contributed by atoms with Crippen LogP contribution in [0.4, 0.5) is 0 Å². The topological polar surface area (TPSA) is 101 Å². The Bertz CT molecular complexity index is 570. The maximum Gasteiger partial charge on any atom is 0.221 e. The molecule has 1 amide bonds. The largest absolute Gasteiger partial charge is 0.352 e. The van der Waals surface area contributed by atoms with E-state index in [2.05, 4.69) is 5.32 Å². The van der Waals surface area contributed by atoms with Crippen molar-refractivity contribution >= 4 is 25.8 Å². The van der Waals surface area contributed by atoms with Crippen molar-refractivity contribution in [1.82, 2.24) is 9.62 Å². The average molecular weight is 340 g/mol. The average Bonchev–Trinajstić information content (AvgIpc) is 2.66. The molecule has 124 valence electrons. The number of hydrogen-bond donors (Lipinski definition) is 1. The molecule has 1 heterocycles. The summed E-state index contributed by atoms with van der Waals surface area (Å²) in [4.78, 5) is 11.8. The van der Waals surface area contributed by atoms with Gasteiger partial charge in [-0.25, -0.2) is 16.8 Å². The van der Waals surface area contributed by atoms with E-state index >= 15 is 0 Å². The van der Waals surface area contributed by atoms with Gasteiger partial charge in [0.25, 0.3) is 0 Å². The minimum atomic E-state index is -3.36. The second-order valence-electron chi connectivity index (χ2n) is 5.55. The van der Waals surface area contributed by atoms with E-state index in [1.807, 2.05) is 6.92 Å². The fourth-order valence-corrected chi connectivity index (χ4v) is 5.24. The molecule has 1 fully saturated rings. The SMILES string of the molecule is CCC(C)N(CCC(=O)NC1CCS(=O)(=O)C1)S(C)(=O)=O. The van der Waals surface area contributed by atoms with Crippen LogP contribution in [0, 0.1) is 0 Å². The zero-order valence-electron chi connectivity index (χ0n) is 12.7. The summed E-state index contributed by atoms with van der Waals surface area (Å²) in [6.45, 7) is 3.79. The Morgan fingerprint density at radius 2 is 2.05 bits per heavy atom. The Kier molecular flexibility index (Phi) is 6.18. The molecule has 0 saturated carbocycles. The molecule has 0 aromatic carbocycles. The third-order valence-corrected chi connectivity index (χ3v) is 6.83. The molecule has 2 atom stereocenters. The summed E-state index contributed by atoms with van der Waals surface area (Å²) in [5.74, 6) is -0.241. The van der Waals surface area contributed by atoms with Gasteiger partial charge in [-0.2, -0.15) is 4.31 Å².